The average Bonchev–Trinajstić information content (AvgIpc) is 2.55. The maximum atomic E-state index is 11.5. The Labute approximate surface area is 98.7 Å². The monoisotopic (exact) mass is 224 g/mol. The Balaban J connectivity index is 2.27. The van der Waals surface area contributed by atoms with Gasteiger partial charge in [0.05, 0.1) is 6.10 Å². The molecule has 2 nitrogen and oxygen atoms in total. The van der Waals surface area contributed by atoms with Crippen LogP contribution in [0.3, 0.4) is 0 Å². The number of rotatable bonds is 6. The Kier molecular flexibility index (Phi) is 5.75. The quantitative estimate of drug-likeness (QED) is 0.556. The lowest BCUT2D eigenvalue weighted by atomic mass is 10.0. The van der Waals surface area contributed by atoms with E-state index in [1.165, 1.54) is 12.8 Å². The van der Waals surface area contributed by atoms with Gasteiger partial charge in [-0.25, -0.2) is 0 Å². The molecule has 0 bridgehead atoms. The van der Waals surface area contributed by atoms with Crippen molar-refractivity contribution in [2.24, 2.45) is 11.8 Å². The van der Waals surface area contributed by atoms with E-state index in [4.69, 9.17) is 0 Å². The van der Waals surface area contributed by atoms with E-state index in [9.17, 15) is 9.90 Å². The summed E-state index contributed by atoms with van der Waals surface area (Å²) >= 11 is 0. The Hall–Kier alpha value is -0.630. The molecule has 2 heteroatoms. The Morgan fingerprint density at radius 1 is 1.50 bits per heavy atom. The van der Waals surface area contributed by atoms with Gasteiger partial charge in [0, 0.05) is 12.3 Å². The summed E-state index contributed by atoms with van der Waals surface area (Å²) in [7, 11) is 0. The Morgan fingerprint density at radius 3 is 2.81 bits per heavy atom. The largest absolute Gasteiger partial charge is 0.389 e. The molecule has 0 amide bonds. The van der Waals surface area contributed by atoms with Gasteiger partial charge in [-0.3, -0.25) is 4.79 Å². The molecule has 1 aliphatic rings. The summed E-state index contributed by atoms with van der Waals surface area (Å²) in [6, 6.07) is 0. The van der Waals surface area contributed by atoms with Crippen LogP contribution in [0.4, 0.5) is 0 Å². The van der Waals surface area contributed by atoms with Gasteiger partial charge in [-0.1, -0.05) is 45.3 Å². The lowest BCUT2D eigenvalue weighted by Crippen LogP contribution is -2.06. The zero-order valence-electron chi connectivity index (χ0n) is 10.5. The topological polar surface area (TPSA) is 37.3 Å². The molecule has 0 radical (unpaired) electrons. The van der Waals surface area contributed by atoms with Crippen molar-refractivity contribution in [3.8, 4) is 0 Å². The standard InChI is InChI=1S/C14H24O2/c1-3-4-5-6-13(15)8-7-12-9-11(2)10-14(12)16/h7-8,11-13,15H,3-6,9-10H2,1-2H3/b8-7+/t11?,12-,13-/m1/s1. The summed E-state index contributed by atoms with van der Waals surface area (Å²) in [6.07, 6.45) is 9.27. The minimum absolute atomic E-state index is 0.0656. The minimum atomic E-state index is -0.366. The van der Waals surface area contributed by atoms with Crippen molar-refractivity contribution in [3.63, 3.8) is 0 Å². The van der Waals surface area contributed by atoms with Crippen molar-refractivity contribution < 1.29 is 9.90 Å². The van der Waals surface area contributed by atoms with Crippen LogP contribution < -0.4 is 0 Å². The normalized spacial score (nSPS) is 27.8. The van der Waals surface area contributed by atoms with Crippen molar-refractivity contribution in [2.45, 2.75) is 58.5 Å². The first-order chi connectivity index (χ1) is 7.63. The fraction of sp³-hybridized carbons (Fsp3) is 0.786. The van der Waals surface area contributed by atoms with Crippen LogP contribution in [0.15, 0.2) is 12.2 Å². The second-order valence-electron chi connectivity index (χ2n) is 5.07. The Bertz CT molecular complexity index is 245. The van der Waals surface area contributed by atoms with Crippen LogP contribution in [0.2, 0.25) is 0 Å². The number of hydrogen-bond acceptors (Lipinski definition) is 2. The molecule has 1 rings (SSSR count). The summed E-state index contributed by atoms with van der Waals surface area (Å²) in [4.78, 5) is 11.5. The third-order valence-electron chi connectivity index (χ3n) is 3.29. The summed E-state index contributed by atoms with van der Waals surface area (Å²) in [5, 5.41) is 9.69. The zero-order valence-corrected chi connectivity index (χ0v) is 10.5. The maximum absolute atomic E-state index is 11.5. The second-order valence-corrected chi connectivity index (χ2v) is 5.07. The van der Waals surface area contributed by atoms with Crippen LogP contribution in [0.25, 0.3) is 0 Å². The molecule has 3 atom stereocenters. The van der Waals surface area contributed by atoms with E-state index in [1.54, 1.807) is 0 Å². The molecule has 0 aliphatic heterocycles. The predicted molar refractivity (Wildman–Crippen MR) is 66.2 cm³/mol. The van der Waals surface area contributed by atoms with E-state index in [0.717, 1.165) is 19.3 Å². The van der Waals surface area contributed by atoms with Crippen LogP contribution in [0.5, 0.6) is 0 Å². The molecule has 0 heterocycles. The predicted octanol–water partition coefficient (Wildman–Crippen LogP) is 3.10. The van der Waals surface area contributed by atoms with Gasteiger partial charge in [0.1, 0.15) is 5.78 Å². The maximum Gasteiger partial charge on any atom is 0.139 e. The molecule has 0 aromatic heterocycles. The molecule has 1 unspecified atom stereocenters. The molecule has 92 valence electrons. The van der Waals surface area contributed by atoms with Crippen molar-refractivity contribution in [3.05, 3.63) is 12.2 Å². The number of aliphatic hydroxyl groups is 1. The van der Waals surface area contributed by atoms with Crippen molar-refractivity contribution >= 4 is 5.78 Å². The average molecular weight is 224 g/mol. The molecule has 16 heavy (non-hydrogen) atoms. The Morgan fingerprint density at radius 2 is 2.25 bits per heavy atom. The van der Waals surface area contributed by atoms with Gasteiger partial charge in [-0.2, -0.15) is 0 Å². The van der Waals surface area contributed by atoms with E-state index < -0.39 is 0 Å². The van der Waals surface area contributed by atoms with Crippen LogP contribution in [0.1, 0.15) is 52.4 Å². The molecule has 0 spiro atoms. The van der Waals surface area contributed by atoms with E-state index in [2.05, 4.69) is 13.8 Å². The summed E-state index contributed by atoms with van der Waals surface area (Å²) in [5.41, 5.74) is 0. The first kappa shape index (κ1) is 13.4. The van der Waals surface area contributed by atoms with Gasteiger partial charge < -0.3 is 5.11 Å². The van der Waals surface area contributed by atoms with Crippen LogP contribution in [-0.2, 0) is 4.79 Å². The molecule has 1 fully saturated rings. The molecular formula is C14H24O2. The van der Waals surface area contributed by atoms with E-state index in [-0.39, 0.29) is 12.0 Å². The van der Waals surface area contributed by atoms with E-state index in [1.807, 2.05) is 12.2 Å². The van der Waals surface area contributed by atoms with Crippen molar-refractivity contribution in [1.82, 2.24) is 0 Å². The molecule has 1 N–H and O–H groups in total. The summed E-state index contributed by atoms with van der Waals surface area (Å²) in [5.74, 6) is 0.916. The number of hydrogen-bond donors (Lipinski definition) is 1. The van der Waals surface area contributed by atoms with E-state index >= 15 is 0 Å². The highest BCUT2D eigenvalue weighted by atomic mass is 16.3. The van der Waals surface area contributed by atoms with Crippen LogP contribution >= 0.6 is 0 Å². The first-order valence-electron chi connectivity index (χ1n) is 6.52. The zero-order chi connectivity index (χ0) is 12.0. The third kappa shape index (κ3) is 4.48. The lowest BCUT2D eigenvalue weighted by molar-refractivity contribution is -0.119. The number of carbonyl (C=O) groups excluding carboxylic acids is 1. The fourth-order valence-corrected chi connectivity index (χ4v) is 2.29. The number of allylic oxidation sites excluding steroid dienone is 1. The van der Waals surface area contributed by atoms with Crippen LogP contribution in [0, 0.1) is 11.8 Å². The van der Waals surface area contributed by atoms with Gasteiger partial charge in [0.2, 0.25) is 0 Å². The SMILES string of the molecule is CCCCC[C@@H](O)/C=C/[C@@H]1CC(C)CC1=O. The highest BCUT2D eigenvalue weighted by Crippen LogP contribution is 2.28. The summed E-state index contributed by atoms with van der Waals surface area (Å²) < 4.78 is 0. The number of ketones is 1. The van der Waals surface area contributed by atoms with Gasteiger partial charge in [0.15, 0.2) is 0 Å². The minimum Gasteiger partial charge on any atom is -0.389 e. The molecule has 1 aliphatic carbocycles. The molecule has 0 aromatic rings. The molecule has 1 saturated carbocycles. The lowest BCUT2D eigenvalue weighted by Gasteiger charge is -2.06. The van der Waals surface area contributed by atoms with Crippen molar-refractivity contribution in [1.29, 1.82) is 0 Å². The van der Waals surface area contributed by atoms with Crippen molar-refractivity contribution in [2.75, 3.05) is 0 Å². The molecule has 0 aromatic carbocycles. The number of Topliss-reactive ketones (excluding diaryl/α,β-unsaturated/α-hetero) is 1. The third-order valence-corrected chi connectivity index (χ3v) is 3.29. The van der Waals surface area contributed by atoms with Gasteiger partial charge in [-0.05, 0) is 18.8 Å². The number of carbonyl (C=O) groups is 1. The second kappa shape index (κ2) is 6.85. The number of aliphatic hydroxyl groups excluding tert-OH is 1. The molecular weight excluding hydrogens is 200 g/mol. The summed E-state index contributed by atoms with van der Waals surface area (Å²) in [6.45, 7) is 4.27. The molecule has 0 saturated heterocycles. The smallest absolute Gasteiger partial charge is 0.139 e. The highest BCUT2D eigenvalue weighted by molar-refractivity contribution is 5.84. The fourth-order valence-electron chi connectivity index (χ4n) is 2.29. The van der Waals surface area contributed by atoms with Crippen LogP contribution in [-0.4, -0.2) is 17.0 Å². The van der Waals surface area contributed by atoms with E-state index in [0.29, 0.717) is 18.1 Å². The first-order valence-corrected chi connectivity index (χ1v) is 6.52. The highest BCUT2D eigenvalue weighted by Gasteiger charge is 2.27. The van der Waals surface area contributed by atoms with Gasteiger partial charge >= 0.3 is 0 Å². The number of unbranched alkanes of at least 4 members (excludes halogenated alkanes) is 2. The van der Waals surface area contributed by atoms with Gasteiger partial charge in [-0.15, -0.1) is 0 Å². The van der Waals surface area contributed by atoms with Gasteiger partial charge in [0.25, 0.3) is 0 Å².